The molecular weight excluding hydrogens is 352 g/mol. The zero-order valence-electron chi connectivity index (χ0n) is 19.1. The van der Waals surface area contributed by atoms with Crippen molar-refractivity contribution < 1.29 is 0 Å². The van der Waals surface area contributed by atoms with E-state index in [1.807, 2.05) is 0 Å². The SMILES string of the molecule is C=C(/C=C(/C(=C)N1CCC[C@H](CN/C(C)=C/CCC)C1)c1ccccc1C)CC. The molecule has 2 heteroatoms. The normalized spacial score (nSPS) is 17.9. The standard InChI is InChI=1S/C27H40N2/c1-7-9-14-23(5)28-19-25-15-12-17-29(20-25)24(6)27(18-21(3)8-2)26-16-11-10-13-22(26)4/h10-11,13-14,16,18,25,28H,3,6-9,12,15,17,19-20H2,1-2,4-5H3/b23-14+,27-18-/t25-/m1/s1. The van der Waals surface area contributed by atoms with Gasteiger partial charge in [-0.2, -0.15) is 0 Å². The van der Waals surface area contributed by atoms with Crippen LogP contribution in [0, 0.1) is 12.8 Å². The van der Waals surface area contributed by atoms with Gasteiger partial charge < -0.3 is 10.2 Å². The molecule has 0 aromatic heterocycles. The molecule has 1 aromatic rings. The number of hydrogen-bond donors (Lipinski definition) is 1. The maximum atomic E-state index is 4.54. The van der Waals surface area contributed by atoms with Crippen LogP contribution in [0.2, 0.25) is 0 Å². The maximum Gasteiger partial charge on any atom is 0.0373 e. The highest BCUT2D eigenvalue weighted by molar-refractivity contribution is 5.81. The van der Waals surface area contributed by atoms with Crippen molar-refractivity contribution in [3.8, 4) is 0 Å². The number of nitrogens with one attached hydrogen (secondary N) is 1. The zero-order valence-corrected chi connectivity index (χ0v) is 19.1. The summed E-state index contributed by atoms with van der Waals surface area (Å²) in [5, 5.41) is 3.63. The molecule has 1 saturated heterocycles. The third-order valence-electron chi connectivity index (χ3n) is 5.86. The largest absolute Gasteiger partial charge is 0.388 e. The summed E-state index contributed by atoms with van der Waals surface area (Å²) in [4.78, 5) is 2.49. The Morgan fingerprint density at radius 1 is 1.24 bits per heavy atom. The minimum absolute atomic E-state index is 0.651. The van der Waals surface area contributed by atoms with Crippen molar-refractivity contribution >= 4 is 5.57 Å². The van der Waals surface area contributed by atoms with Gasteiger partial charge in [0.05, 0.1) is 0 Å². The van der Waals surface area contributed by atoms with Crippen molar-refractivity contribution in [3.63, 3.8) is 0 Å². The summed E-state index contributed by atoms with van der Waals surface area (Å²) in [6, 6.07) is 8.61. The highest BCUT2D eigenvalue weighted by atomic mass is 15.1. The molecular formula is C27H40N2. The molecule has 2 rings (SSSR count). The number of allylic oxidation sites excluding steroid dienone is 5. The van der Waals surface area contributed by atoms with Gasteiger partial charge in [0.25, 0.3) is 0 Å². The van der Waals surface area contributed by atoms with Gasteiger partial charge in [0.2, 0.25) is 0 Å². The Kier molecular flexibility index (Phi) is 9.31. The van der Waals surface area contributed by atoms with E-state index < -0.39 is 0 Å². The Hall–Kier alpha value is -2.22. The van der Waals surface area contributed by atoms with Crippen molar-refractivity contribution in [1.29, 1.82) is 0 Å². The molecule has 29 heavy (non-hydrogen) atoms. The predicted molar refractivity (Wildman–Crippen MR) is 129 cm³/mol. The summed E-state index contributed by atoms with van der Waals surface area (Å²) in [5.74, 6) is 0.651. The third-order valence-corrected chi connectivity index (χ3v) is 5.86. The summed E-state index contributed by atoms with van der Waals surface area (Å²) in [7, 11) is 0. The van der Waals surface area contributed by atoms with Crippen LogP contribution in [-0.4, -0.2) is 24.5 Å². The molecule has 0 unspecified atom stereocenters. The Bertz CT molecular complexity index is 754. The van der Waals surface area contributed by atoms with Gasteiger partial charge in [0.15, 0.2) is 0 Å². The van der Waals surface area contributed by atoms with Crippen LogP contribution in [0.15, 0.2) is 66.5 Å². The lowest BCUT2D eigenvalue weighted by Crippen LogP contribution is -2.38. The van der Waals surface area contributed by atoms with Crippen LogP contribution < -0.4 is 5.32 Å². The number of unbranched alkanes of at least 4 members (excludes halogenated alkanes) is 1. The fourth-order valence-electron chi connectivity index (χ4n) is 3.88. The molecule has 0 bridgehead atoms. The highest BCUT2D eigenvalue weighted by Crippen LogP contribution is 2.31. The van der Waals surface area contributed by atoms with Crippen LogP contribution >= 0.6 is 0 Å². The lowest BCUT2D eigenvalue weighted by Gasteiger charge is -2.37. The second-order valence-electron chi connectivity index (χ2n) is 8.34. The number of nitrogens with zero attached hydrogens (tertiary/aromatic N) is 1. The number of piperidine rings is 1. The molecule has 0 aliphatic carbocycles. The molecule has 0 spiro atoms. The first-order chi connectivity index (χ1) is 14.0. The predicted octanol–water partition coefficient (Wildman–Crippen LogP) is 6.86. The van der Waals surface area contributed by atoms with E-state index in [0.717, 1.165) is 43.7 Å². The average Bonchev–Trinajstić information content (AvgIpc) is 2.74. The maximum absolute atomic E-state index is 4.54. The summed E-state index contributed by atoms with van der Waals surface area (Å²) in [5.41, 5.74) is 7.37. The first-order valence-corrected chi connectivity index (χ1v) is 11.3. The zero-order chi connectivity index (χ0) is 21.2. The molecule has 1 atom stereocenters. The molecule has 158 valence electrons. The van der Waals surface area contributed by atoms with Crippen molar-refractivity contribution in [2.45, 2.75) is 59.8 Å². The van der Waals surface area contributed by atoms with Crippen LogP contribution in [0.4, 0.5) is 0 Å². The fraction of sp³-hybridized carbons (Fsp3) is 0.481. The molecule has 1 heterocycles. The second kappa shape index (κ2) is 11.7. The van der Waals surface area contributed by atoms with Crippen LogP contribution in [-0.2, 0) is 0 Å². The molecule has 1 aliphatic rings. The lowest BCUT2D eigenvalue weighted by molar-refractivity contribution is 0.223. The molecule has 1 aromatic carbocycles. The highest BCUT2D eigenvalue weighted by Gasteiger charge is 2.23. The van der Waals surface area contributed by atoms with E-state index >= 15 is 0 Å². The number of rotatable bonds is 10. The summed E-state index contributed by atoms with van der Waals surface area (Å²) >= 11 is 0. The van der Waals surface area contributed by atoms with Crippen molar-refractivity contribution in [3.05, 3.63) is 77.7 Å². The van der Waals surface area contributed by atoms with E-state index in [4.69, 9.17) is 0 Å². The number of benzene rings is 1. The molecule has 1 fully saturated rings. The number of hydrogen-bond acceptors (Lipinski definition) is 2. The fourth-order valence-corrected chi connectivity index (χ4v) is 3.88. The molecule has 0 amide bonds. The molecule has 1 aliphatic heterocycles. The first kappa shape index (κ1) is 23.1. The van der Waals surface area contributed by atoms with E-state index in [1.165, 1.54) is 41.7 Å². The molecule has 1 N–H and O–H groups in total. The van der Waals surface area contributed by atoms with E-state index in [0.29, 0.717) is 5.92 Å². The molecule has 2 nitrogen and oxygen atoms in total. The van der Waals surface area contributed by atoms with Gasteiger partial charge in [0, 0.05) is 36.6 Å². The average molecular weight is 393 g/mol. The van der Waals surface area contributed by atoms with Crippen molar-refractivity contribution in [2.24, 2.45) is 5.92 Å². The molecule has 0 radical (unpaired) electrons. The Labute approximate surface area is 179 Å². The van der Waals surface area contributed by atoms with Crippen LogP contribution in [0.25, 0.3) is 5.57 Å². The van der Waals surface area contributed by atoms with E-state index in [9.17, 15) is 0 Å². The van der Waals surface area contributed by atoms with Gasteiger partial charge in [-0.1, -0.05) is 69.3 Å². The van der Waals surface area contributed by atoms with Crippen molar-refractivity contribution in [1.82, 2.24) is 10.2 Å². The van der Waals surface area contributed by atoms with Crippen LogP contribution in [0.1, 0.15) is 64.0 Å². The van der Waals surface area contributed by atoms with Crippen LogP contribution in [0.3, 0.4) is 0 Å². The minimum Gasteiger partial charge on any atom is -0.388 e. The van der Waals surface area contributed by atoms with Gasteiger partial charge in [0.1, 0.15) is 0 Å². The Morgan fingerprint density at radius 3 is 2.69 bits per heavy atom. The summed E-state index contributed by atoms with van der Waals surface area (Å²) in [6.07, 6.45) is 10.4. The second-order valence-corrected chi connectivity index (χ2v) is 8.34. The van der Waals surface area contributed by atoms with Gasteiger partial charge in [-0.15, -0.1) is 0 Å². The number of likely N-dealkylation sites (tertiary alicyclic amines) is 1. The topological polar surface area (TPSA) is 15.3 Å². The van der Waals surface area contributed by atoms with E-state index in [1.54, 1.807) is 0 Å². The Balaban J connectivity index is 2.13. The van der Waals surface area contributed by atoms with Crippen LogP contribution in [0.5, 0.6) is 0 Å². The monoisotopic (exact) mass is 392 g/mol. The smallest absolute Gasteiger partial charge is 0.0373 e. The van der Waals surface area contributed by atoms with E-state index in [2.05, 4.69) is 87.5 Å². The quantitative estimate of drug-likeness (QED) is 0.437. The first-order valence-electron chi connectivity index (χ1n) is 11.3. The summed E-state index contributed by atoms with van der Waals surface area (Å²) in [6.45, 7) is 20.7. The summed E-state index contributed by atoms with van der Waals surface area (Å²) < 4.78 is 0. The molecule has 0 saturated carbocycles. The van der Waals surface area contributed by atoms with E-state index in [-0.39, 0.29) is 0 Å². The third kappa shape index (κ3) is 6.96. The van der Waals surface area contributed by atoms with Gasteiger partial charge >= 0.3 is 0 Å². The Morgan fingerprint density at radius 2 is 2.00 bits per heavy atom. The lowest BCUT2D eigenvalue weighted by atomic mass is 9.92. The van der Waals surface area contributed by atoms with Gasteiger partial charge in [-0.05, 0) is 62.7 Å². The van der Waals surface area contributed by atoms with Gasteiger partial charge in [-0.3, -0.25) is 0 Å². The minimum atomic E-state index is 0.651. The van der Waals surface area contributed by atoms with Gasteiger partial charge in [-0.25, -0.2) is 0 Å². The van der Waals surface area contributed by atoms with Crippen molar-refractivity contribution in [2.75, 3.05) is 19.6 Å². The number of aryl methyl sites for hydroxylation is 1.